The zero-order chi connectivity index (χ0) is 34.9. The van der Waals surface area contributed by atoms with Crippen molar-refractivity contribution < 1.29 is 19.4 Å². The van der Waals surface area contributed by atoms with Crippen LogP contribution in [0.2, 0.25) is 10.0 Å². The number of carbonyl (C=O) groups excluding carboxylic acids is 1. The lowest BCUT2D eigenvalue weighted by atomic mass is 9.98. The van der Waals surface area contributed by atoms with E-state index in [4.69, 9.17) is 27.9 Å². The van der Waals surface area contributed by atoms with Crippen molar-refractivity contribution in [3.05, 3.63) is 98.2 Å². The van der Waals surface area contributed by atoms with E-state index in [0.717, 1.165) is 60.9 Å². The number of pyridine rings is 1. The maximum absolute atomic E-state index is 14.8. The lowest BCUT2D eigenvalue weighted by Gasteiger charge is -2.33. The van der Waals surface area contributed by atoms with E-state index in [2.05, 4.69) is 21.6 Å². The Kier molecular flexibility index (Phi) is 8.19. The number of nitrogens with zero attached hydrogens (tertiary/aromatic N) is 6. The fourth-order valence-corrected chi connectivity index (χ4v) is 7.63. The number of fused-ring (bicyclic) bond motifs is 4. The van der Waals surface area contributed by atoms with Crippen molar-refractivity contribution in [1.82, 2.24) is 23.7 Å². The first-order chi connectivity index (χ1) is 23.4. The van der Waals surface area contributed by atoms with Crippen molar-refractivity contribution in [2.24, 2.45) is 7.05 Å². The van der Waals surface area contributed by atoms with Crippen LogP contribution in [0.3, 0.4) is 0 Å². The average molecular weight is 700 g/mol. The molecule has 1 aliphatic rings. The highest BCUT2D eigenvalue weighted by atomic mass is 35.5. The van der Waals surface area contributed by atoms with Crippen molar-refractivity contribution in [2.45, 2.75) is 53.5 Å². The molecule has 1 unspecified atom stereocenters. The molecule has 0 aliphatic carbocycles. The minimum atomic E-state index is -1.16. The second-order valence-corrected chi connectivity index (χ2v) is 13.6. The zero-order valence-electron chi connectivity index (χ0n) is 28.1. The molecule has 7 rings (SSSR count). The molecule has 1 N–H and O–H groups in total. The summed E-state index contributed by atoms with van der Waals surface area (Å²) in [5, 5.41) is 16.9. The van der Waals surface area contributed by atoms with Crippen molar-refractivity contribution in [3.8, 4) is 16.9 Å². The lowest BCUT2D eigenvalue weighted by molar-refractivity contribution is 0.0692. The summed E-state index contributed by atoms with van der Waals surface area (Å²) in [6.07, 6.45) is 2.91. The van der Waals surface area contributed by atoms with Crippen LogP contribution in [0, 0.1) is 27.7 Å². The van der Waals surface area contributed by atoms with Gasteiger partial charge in [0.25, 0.3) is 5.91 Å². The van der Waals surface area contributed by atoms with Gasteiger partial charge in [0.1, 0.15) is 11.4 Å². The Bertz CT molecular complexity index is 2310. The number of anilines is 1. The van der Waals surface area contributed by atoms with E-state index in [1.165, 1.54) is 0 Å². The molecular formula is C37H36Cl2N6O4. The molecule has 49 heavy (non-hydrogen) atoms. The first kappa shape index (κ1) is 32.7. The molecule has 0 fully saturated rings. The number of aromatic carboxylic acids is 1. The number of aryl methyl sites for hydroxylation is 5. The lowest BCUT2D eigenvalue weighted by Crippen LogP contribution is -2.43. The molecule has 1 aliphatic heterocycles. The van der Waals surface area contributed by atoms with Gasteiger partial charge < -0.3 is 14.4 Å². The molecule has 4 aromatic heterocycles. The Labute approximate surface area is 293 Å². The number of halogens is 2. The number of carboxylic acid groups (broad SMARTS) is 1. The zero-order valence-corrected chi connectivity index (χ0v) is 29.6. The highest BCUT2D eigenvalue weighted by Crippen LogP contribution is 2.45. The number of ether oxygens (including phenoxy) is 1. The van der Waals surface area contributed by atoms with Crippen LogP contribution in [-0.2, 0) is 13.5 Å². The fraction of sp³-hybridized carbons (Fsp3) is 0.297. The molecule has 5 heterocycles. The standard InChI is InChI=1S/C37H36Cl2N6O4/c1-19-16-24(17-20(2)31(19)39)49-15-9-10-25-26-12-13-27(38)30(29-22(4)41-42(6)23(29)5)33(26)45-21(3)18-44(35(46)34(25)45)37-40-32(36(47)48)28-11-7-8-14-43(28)37/h7-8,11-14,16-17,21H,9-10,15,18H2,1-6H3,(H,47,48). The molecule has 6 aromatic rings. The van der Waals surface area contributed by atoms with Gasteiger partial charge in [-0.1, -0.05) is 35.3 Å². The minimum Gasteiger partial charge on any atom is -0.494 e. The highest BCUT2D eigenvalue weighted by Gasteiger charge is 2.38. The predicted molar refractivity (Wildman–Crippen MR) is 192 cm³/mol. The molecule has 1 atom stereocenters. The van der Waals surface area contributed by atoms with Crippen molar-refractivity contribution >= 4 is 57.4 Å². The third kappa shape index (κ3) is 5.25. The third-order valence-corrected chi connectivity index (χ3v) is 10.4. The number of carbonyl (C=O) groups is 2. The van der Waals surface area contributed by atoms with E-state index in [9.17, 15) is 14.7 Å². The number of amides is 1. The second-order valence-electron chi connectivity index (χ2n) is 12.8. The van der Waals surface area contributed by atoms with E-state index in [1.54, 1.807) is 33.7 Å². The van der Waals surface area contributed by atoms with E-state index < -0.39 is 5.97 Å². The predicted octanol–water partition coefficient (Wildman–Crippen LogP) is 8.16. The third-order valence-electron chi connectivity index (χ3n) is 9.54. The number of aromatic nitrogens is 5. The number of rotatable bonds is 8. The van der Waals surface area contributed by atoms with Gasteiger partial charge in [-0.2, -0.15) is 5.10 Å². The Morgan fingerprint density at radius 2 is 1.80 bits per heavy atom. The van der Waals surface area contributed by atoms with E-state index in [1.807, 2.05) is 63.7 Å². The molecule has 2 aromatic carbocycles. The average Bonchev–Trinajstić information content (AvgIpc) is 3.69. The molecule has 0 spiro atoms. The topological polar surface area (TPSA) is 107 Å². The monoisotopic (exact) mass is 698 g/mol. The highest BCUT2D eigenvalue weighted by molar-refractivity contribution is 6.35. The van der Waals surface area contributed by atoms with Gasteiger partial charge >= 0.3 is 5.97 Å². The molecular weight excluding hydrogens is 663 g/mol. The van der Waals surface area contributed by atoms with Gasteiger partial charge in [0.15, 0.2) is 5.69 Å². The summed E-state index contributed by atoms with van der Waals surface area (Å²) < 4.78 is 11.8. The smallest absolute Gasteiger partial charge is 0.356 e. The summed E-state index contributed by atoms with van der Waals surface area (Å²) in [5.41, 5.74) is 8.07. The molecule has 0 saturated heterocycles. The van der Waals surface area contributed by atoms with Crippen LogP contribution >= 0.6 is 23.2 Å². The van der Waals surface area contributed by atoms with E-state index in [0.29, 0.717) is 35.7 Å². The number of hydrogen-bond donors (Lipinski definition) is 1. The second kappa shape index (κ2) is 12.3. The molecule has 12 heteroatoms. The molecule has 0 radical (unpaired) electrons. The summed E-state index contributed by atoms with van der Waals surface area (Å²) >= 11 is 13.4. The first-order valence-corrected chi connectivity index (χ1v) is 16.9. The molecule has 1 amide bonds. The molecule has 10 nitrogen and oxygen atoms in total. The molecule has 252 valence electrons. The van der Waals surface area contributed by atoms with Crippen LogP contribution in [0.25, 0.3) is 27.5 Å². The van der Waals surface area contributed by atoms with Gasteiger partial charge in [-0.3, -0.25) is 18.8 Å². The summed E-state index contributed by atoms with van der Waals surface area (Å²) in [4.78, 5) is 33.1. The number of hydrogen-bond acceptors (Lipinski definition) is 5. The van der Waals surface area contributed by atoms with Gasteiger partial charge in [-0.05, 0) is 94.5 Å². The largest absolute Gasteiger partial charge is 0.494 e. The van der Waals surface area contributed by atoms with Crippen LogP contribution in [0.1, 0.15) is 68.4 Å². The van der Waals surface area contributed by atoms with Crippen molar-refractivity contribution in [2.75, 3.05) is 18.1 Å². The van der Waals surface area contributed by atoms with E-state index in [-0.39, 0.29) is 30.1 Å². The first-order valence-electron chi connectivity index (χ1n) is 16.2. The Morgan fingerprint density at radius 3 is 2.47 bits per heavy atom. The SMILES string of the molecule is Cc1cc(OCCCc2c3n(c4c(-c5c(C)nn(C)c5C)c(Cl)ccc24)C(C)CN(c2nc(C(=O)O)c4ccccn24)C3=O)cc(C)c1Cl. The normalized spacial score (nSPS) is 14.7. The maximum atomic E-state index is 14.8. The van der Waals surface area contributed by atoms with Crippen molar-refractivity contribution in [3.63, 3.8) is 0 Å². The number of carboxylic acids is 1. The quantitative estimate of drug-likeness (QED) is 0.161. The van der Waals surface area contributed by atoms with E-state index >= 15 is 0 Å². The number of imidazole rings is 1. The van der Waals surface area contributed by atoms with Crippen LogP contribution in [-0.4, -0.2) is 53.9 Å². The summed E-state index contributed by atoms with van der Waals surface area (Å²) in [6, 6.07) is 12.8. The maximum Gasteiger partial charge on any atom is 0.356 e. The Morgan fingerprint density at radius 1 is 1.06 bits per heavy atom. The van der Waals surface area contributed by atoms with Gasteiger partial charge in [0.05, 0.1) is 28.4 Å². The molecule has 0 bridgehead atoms. The van der Waals surface area contributed by atoms with Gasteiger partial charge in [-0.25, -0.2) is 9.78 Å². The Balaban J connectivity index is 1.38. The minimum absolute atomic E-state index is 0.108. The van der Waals surface area contributed by atoms with Crippen LogP contribution in [0.5, 0.6) is 5.75 Å². The van der Waals surface area contributed by atoms with Crippen LogP contribution in [0.4, 0.5) is 5.95 Å². The van der Waals surface area contributed by atoms with Crippen molar-refractivity contribution in [1.29, 1.82) is 0 Å². The van der Waals surface area contributed by atoms with Gasteiger partial charge in [0, 0.05) is 53.1 Å². The summed E-state index contributed by atoms with van der Waals surface area (Å²) in [6.45, 7) is 10.7. The summed E-state index contributed by atoms with van der Waals surface area (Å²) in [7, 11) is 1.91. The molecule has 0 saturated carbocycles. The number of benzene rings is 2. The fourth-order valence-electron chi connectivity index (χ4n) is 7.27. The van der Waals surface area contributed by atoms with Gasteiger partial charge in [-0.15, -0.1) is 0 Å². The Hall–Kier alpha value is -4.80. The summed E-state index contributed by atoms with van der Waals surface area (Å²) in [5.74, 6) is -0.407. The van der Waals surface area contributed by atoms with Crippen LogP contribution in [0.15, 0.2) is 48.7 Å². The van der Waals surface area contributed by atoms with Gasteiger partial charge in [0.2, 0.25) is 5.95 Å². The van der Waals surface area contributed by atoms with Crippen LogP contribution < -0.4 is 9.64 Å².